The summed E-state index contributed by atoms with van der Waals surface area (Å²) in [5.74, 6) is -0.541. The summed E-state index contributed by atoms with van der Waals surface area (Å²) in [6.45, 7) is 1.97. The van der Waals surface area contributed by atoms with Gasteiger partial charge in [0.2, 0.25) is 0 Å². The van der Waals surface area contributed by atoms with E-state index in [-0.39, 0.29) is 15.6 Å². The second kappa shape index (κ2) is 5.04. The standard InChI is InChI=1S/C13H11Cl2NO2/c1-8-4-3-5-16(8)9-6-10(14)12(11(15)7-9)13(17)18-2/h3-7H,1-2H3. The second-order valence-electron chi connectivity index (χ2n) is 3.80. The van der Waals surface area contributed by atoms with E-state index in [4.69, 9.17) is 23.2 Å². The van der Waals surface area contributed by atoms with Gasteiger partial charge < -0.3 is 9.30 Å². The molecule has 0 spiro atoms. The van der Waals surface area contributed by atoms with E-state index in [1.807, 2.05) is 29.8 Å². The topological polar surface area (TPSA) is 31.2 Å². The Labute approximate surface area is 115 Å². The number of carbonyl (C=O) groups excluding carboxylic acids is 1. The number of aromatic nitrogens is 1. The Morgan fingerprint density at radius 3 is 2.33 bits per heavy atom. The lowest BCUT2D eigenvalue weighted by molar-refractivity contribution is 0.0601. The highest BCUT2D eigenvalue weighted by Gasteiger charge is 2.17. The molecule has 94 valence electrons. The van der Waals surface area contributed by atoms with Crippen LogP contribution in [0.25, 0.3) is 5.69 Å². The largest absolute Gasteiger partial charge is 0.465 e. The molecule has 0 saturated heterocycles. The van der Waals surface area contributed by atoms with Crippen molar-refractivity contribution in [3.8, 4) is 5.69 Å². The van der Waals surface area contributed by atoms with Crippen LogP contribution in [0.4, 0.5) is 0 Å². The van der Waals surface area contributed by atoms with E-state index in [9.17, 15) is 4.79 Å². The zero-order valence-electron chi connectivity index (χ0n) is 9.91. The van der Waals surface area contributed by atoms with Crippen LogP contribution in [0.15, 0.2) is 30.5 Å². The minimum Gasteiger partial charge on any atom is -0.465 e. The molecule has 1 aromatic heterocycles. The molecule has 0 unspecified atom stereocenters. The monoisotopic (exact) mass is 283 g/mol. The molecular weight excluding hydrogens is 273 g/mol. The van der Waals surface area contributed by atoms with E-state index < -0.39 is 5.97 Å². The SMILES string of the molecule is COC(=O)c1c(Cl)cc(-n2cccc2C)cc1Cl. The maximum Gasteiger partial charge on any atom is 0.340 e. The van der Waals surface area contributed by atoms with Gasteiger partial charge >= 0.3 is 5.97 Å². The van der Waals surface area contributed by atoms with Gasteiger partial charge in [-0.2, -0.15) is 0 Å². The van der Waals surface area contributed by atoms with Crippen LogP contribution >= 0.6 is 23.2 Å². The fourth-order valence-electron chi connectivity index (χ4n) is 1.75. The summed E-state index contributed by atoms with van der Waals surface area (Å²) in [7, 11) is 1.29. The van der Waals surface area contributed by atoms with Gasteiger partial charge in [-0.3, -0.25) is 0 Å². The Morgan fingerprint density at radius 2 is 1.89 bits per heavy atom. The van der Waals surface area contributed by atoms with Crippen molar-refractivity contribution in [3.63, 3.8) is 0 Å². The summed E-state index contributed by atoms with van der Waals surface area (Å²) in [6, 6.07) is 7.26. The number of rotatable bonds is 2. The molecule has 0 aliphatic rings. The first kappa shape index (κ1) is 13.0. The summed E-state index contributed by atoms with van der Waals surface area (Å²) >= 11 is 12.2. The summed E-state index contributed by atoms with van der Waals surface area (Å²) in [5.41, 5.74) is 2.04. The lowest BCUT2D eigenvalue weighted by atomic mass is 10.2. The van der Waals surface area contributed by atoms with E-state index in [2.05, 4.69) is 4.74 Å². The van der Waals surface area contributed by atoms with Crippen LogP contribution < -0.4 is 0 Å². The highest BCUT2D eigenvalue weighted by atomic mass is 35.5. The second-order valence-corrected chi connectivity index (χ2v) is 4.61. The molecule has 0 N–H and O–H groups in total. The number of carbonyl (C=O) groups is 1. The van der Waals surface area contributed by atoms with Gasteiger partial charge in [0.1, 0.15) is 0 Å². The van der Waals surface area contributed by atoms with Crippen LogP contribution in [0, 0.1) is 6.92 Å². The summed E-state index contributed by atoms with van der Waals surface area (Å²) in [4.78, 5) is 11.5. The van der Waals surface area contributed by atoms with Crippen LogP contribution in [-0.2, 0) is 4.74 Å². The molecule has 0 amide bonds. The Morgan fingerprint density at radius 1 is 1.28 bits per heavy atom. The van der Waals surface area contributed by atoms with Gasteiger partial charge in [-0.15, -0.1) is 0 Å². The normalized spacial score (nSPS) is 10.4. The first-order valence-corrected chi connectivity index (χ1v) is 6.02. The van der Waals surface area contributed by atoms with Crippen LogP contribution in [-0.4, -0.2) is 17.6 Å². The highest BCUT2D eigenvalue weighted by Crippen LogP contribution is 2.29. The van der Waals surface area contributed by atoms with Crippen molar-refractivity contribution in [1.82, 2.24) is 4.57 Å². The van der Waals surface area contributed by atoms with Gasteiger partial charge in [-0.1, -0.05) is 23.2 Å². The molecule has 0 bridgehead atoms. The number of nitrogens with zero attached hydrogens (tertiary/aromatic N) is 1. The van der Waals surface area contributed by atoms with Gasteiger partial charge in [0.25, 0.3) is 0 Å². The molecule has 0 atom stereocenters. The summed E-state index contributed by atoms with van der Waals surface area (Å²) in [6.07, 6.45) is 1.90. The molecule has 2 rings (SSSR count). The van der Waals surface area contributed by atoms with Crippen molar-refractivity contribution in [3.05, 3.63) is 51.8 Å². The predicted molar refractivity (Wildman–Crippen MR) is 71.9 cm³/mol. The molecule has 0 saturated carbocycles. The zero-order chi connectivity index (χ0) is 13.3. The van der Waals surface area contributed by atoms with E-state index in [0.29, 0.717) is 0 Å². The first-order chi connectivity index (χ1) is 8.54. The van der Waals surface area contributed by atoms with Crippen LogP contribution in [0.2, 0.25) is 10.0 Å². The van der Waals surface area contributed by atoms with Gasteiger partial charge in [0, 0.05) is 17.6 Å². The summed E-state index contributed by atoms with van der Waals surface area (Å²) in [5, 5.41) is 0.551. The lowest BCUT2D eigenvalue weighted by Crippen LogP contribution is -2.05. The molecule has 2 aromatic rings. The Kier molecular flexibility index (Phi) is 3.64. The fourth-order valence-corrected chi connectivity index (χ4v) is 2.38. The molecular formula is C13H11Cl2NO2. The maximum atomic E-state index is 11.5. The Hall–Kier alpha value is -1.45. The van der Waals surface area contributed by atoms with Crippen molar-refractivity contribution >= 4 is 29.2 Å². The zero-order valence-corrected chi connectivity index (χ0v) is 11.4. The molecule has 0 aliphatic heterocycles. The molecule has 1 aromatic carbocycles. The number of ether oxygens (including phenoxy) is 1. The van der Waals surface area contributed by atoms with Gasteiger partial charge in [-0.05, 0) is 31.2 Å². The van der Waals surface area contributed by atoms with Crippen molar-refractivity contribution in [2.45, 2.75) is 6.92 Å². The fraction of sp³-hybridized carbons (Fsp3) is 0.154. The third kappa shape index (κ3) is 2.24. The number of methoxy groups -OCH3 is 1. The lowest BCUT2D eigenvalue weighted by Gasteiger charge is -2.10. The minimum atomic E-state index is -0.541. The Balaban J connectivity index is 2.56. The number of benzene rings is 1. The average Bonchev–Trinajstić information content (AvgIpc) is 2.74. The van der Waals surface area contributed by atoms with Crippen LogP contribution in [0.5, 0.6) is 0 Å². The minimum absolute atomic E-state index is 0.189. The van der Waals surface area contributed by atoms with Crippen LogP contribution in [0.1, 0.15) is 16.1 Å². The van der Waals surface area contributed by atoms with Gasteiger partial charge in [-0.25, -0.2) is 4.79 Å². The third-order valence-corrected chi connectivity index (χ3v) is 3.24. The van der Waals surface area contributed by atoms with Crippen molar-refractivity contribution < 1.29 is 9.53 Å². The first-order valence-electron chi connectivity index (χ1n) is 5.26. The molecule has 0 radical (unpaired) electrons. The van der Waals surface area contributed by atoms with Crippen molar-refractivity contribution in [2.24, 2.45) is 0 Å². The predicted octanol–water partition coefficient (Wildman–Crippen LogP) is 3.88. The maximum absolute atomic E-state index is 11.5. The third-order valence-electron chi connectivity index (χ3n) is 2.65. The van der Waals surface area contributed by atoms with Crippen LogP contribution in [0.3, 0.4) is 0 Å². The molecule has 1 heterocycles. The molecule has 18 heavy (non-hydrogen) atoms. The molecule has 3 nitrogen and oxygen atoms in total. The quantitative estimate of drug-likeness (QED) is 0.784. The van der Waals surface area contributed by atoms with E-state index in [1.54, 1.807) is 12.1 Å². The molecule has 0 fully saturated rings. The number of aryl methyl sites for hydroxylation is 1. The number of hydrogen-bond donors (Lipinski definition) is 0. The van der Waals surface area contributed by atoms with Crippen molar-refractivity contribution in [2.75, 3.05) is 7.11 Å². The van der Waals surface area contributed by atoms with E-state index in [1.165, 1.54) is 7.11 Å². The Bertz CT molecular complexity index is 582. The van der Waals surface area contributed by atoms with E-state index in [0.717, 1.165) is 11.4 Å². The highest BCUT2D eigenvalue weighted by molar-refractivity contribution is 6.39. The molecule has 0 aliphatic carbocycles. The van der Waals surface area contributed by atoms with Gasteiger partial charge in [0.15, 0.2) is 0 Å². The average molecular weight is 284 g/mol. The smallest absolute Gasteiger partial charge is 0.340 e. The van der Waals surface area contributed by atoms with Gasteiger partial charge in [0.05, 0.1) is 22.7 Å². The molecule has 5 heteroatoms. The number of hydrogen-bond acceptors (Lipinski definition) is 2. The number of halogens is 2. The van der Waals surface area contributed by atoms with E-state index >= 15 is 0 Å². The summed E-state index contributed by atoms with van der Waals surface area (Å²) < 4.78 is 6.57. The van der Waals surface area contributed by atoms with Crippen molar-refractivity contribution in [1.29, 1.82) is 0 Å². The number of esters is 1.